The fraction of sp³-hybridized carbons (Fsp3) is 0.500. The molecule has 0 bridgehead atoms. The molecule has 2 heterocycles. The number of hydrogen-bond donors (Lipinski definition) is 1. The average molecular weight is 407 g/mol. The molecule has 3 rings (SSSR count). The minimum Gasteiger partial charge on any atom is -0.490 e. The number of aromatic nitrogens is 2. The van der Waals surface area contributed by atoms with Crippen molar-refractivity contribution in [1.82, 2.24) is 14.7 Å². The lowest BCUT2D eigenvalue weighted by Crippen LogP contribution is -2.56. The molecule has 2 N–H and O–H groups in total. The van der Waals surface area contributed by atoms with Gasteiger partial charge in [-0.1, -0.05) is 17.7 Å². The molecule has 1 saturated heterocycles. The molecule has 1 unspecified atom stereocenters. The lowest BCUT2D eigenvalue weighted by atomic mass is 9.97. The van der Waals surface area contributed by atoms with E-state index in [4.69, 9.17) is 26.8 Å². The van der Waals surface area contributed by atoms with Crippen molar-refractivity contribution in [2.24, 2.45) is 5.73 Å². The van der Waals surface area contributed by atoms with Crippen LogP contribution in [0.3, 0.4) is 0 Å². The maximum Gasteiger partial charge on any atom is 0.220 e. The van der Waals surface area contributed by atoms with Gasteiger partial charge in [0, 0.05) is 43.0 Å². The molecule has 0 saturated carbocycles. The number of carbonyl (C=O) groups excluding carboxylic acids is 1. The Bertz CT molecular complexity index is 826. The molecule has 152 valence electrons. The Morgan fingerprint density at radius 3 is 2.96 bits per heavy atom. The Kier molecular flexibility index (Phi) is 6.59. The number of nitrogens with two attached hydrogens (primary N) is 1. The molecule has 1 aromatic heterocycles. The van der Waals surface area contributed by atoms with E-state index in [2.05, 4.69) is 23.1 Å². The van der Waals surface area contributed by atoms with Gasteiger partial charge in [0.15, 0.2) is 0 Å². The van der Waals surface area contributed by atoms with Crippen LogP contribution in [0.4, 0.5) is 0 Å². The van der Waals surface area contributed by atoms with Crippen LogP contribution in [0.1, 0.15) is 24.6 Å². The van der Waals surface area contributed by atoms with Gasteiger partial charge in [-0.15, -0.1) is 0 Å². The standard InChI is InChI=1S/C20H27ClN4O3/c1-3-25-12-16(15(2)23-25)11-24-7-8-28-20(13-24,10-19(22)26)14-27-18-6-4-5-17(21)9-18/h4-6,9,12H,3,7-8,10-11,13-14H2,1-2H3,(H2,22,26). The van der Waals surface area contributed by atoms with Crippen LogP contribution in [0.25, 0.3) is 0 Å². The summed E-state index contributed by atoms with van der Waals surface area (Å²) in [4.78, 5) is 14.0. The van der Waals surface area contributed by atoms with Crippen LogP contribution in [0, 0.1) is 6.92 Å². The van der Waals surface area contributed by atoms with Crippen LogP contribution in [-0.2, 0) is 22.6 Å². The van der Waals surface area contributed by atoms with E-state index in [9.17, 15) is 4.79 Å². The first-order valence-corrected chi connectivity index (χ1v) is 9.83. The van der Waals surface area contributed by atoms with Gasteiger partial charge in [0.1, 0.15) is 18.0 Å². The highest BCUT2D eigenvalue weighted by molar-refractivity contribution is 6.30. The van der Waals surface area contributed by atoms with Gasteiger partial charge in [0.25, 0.3) is 0 Å². The average Bonchev–Trinajstić information content (AvgIpc) is 3.00. The summed E-state index contributed by atoms with van der Waals surface area (Å²) in [5, 5.41) is 5.10. The molecule has 1 amide bonds. The van der Waals surface area contributed by atoms with Crippen molar-refractivity contribution in [3.63, 3.8) is 0 Å². The first kappa shape index (κ1) is 20.6. The molecule has 1 aliphatic rings. The van der Waals surface area contributed by atoms with Crippen molar-refractivity contribution in [2.75, 3.05) is 26.3 Å². The molecule has 1 aliphatic heterocycles. The number of amides is 1. The lowest BCUT2D eigenvalue weighted by molar-refractivity contribution is -0.148. The second kappa shape index (κ2) is 8.94. The third-order valence-corrected chi connectivity index (χ3v) is 5.12. The van der Waals surface area contributed by atoms with Gasteiger partial charge in [0.2, 0.25) is 5.91 Å². The molecule has 7 nitrogen and oxygen atoms in total. The summed E-state index contributed by atoms with van der Waals surface area (Å²) in [6.45, 7) is 7.71. The van der Waals surface area contributed by atoms with Gasteiger partial charge in [-0.2, -0.15) is 5.10 Å². The second-order valence-corrected chi connectivity index (χ2v) is 7.66. The van der Waals surface area contributed by atoms with E-state index in [1.807, 2.05) is 23.7 Å². The van der Waals surface area contributed by atoms with Gasteiger partial charge >= 0.3 is 0 Å². The maximum absolute atomic E-state index is 11.7. The number of rotatable bonds is 8. The number of nitrogens with zero attached hydrogens (tertiary/aromatic N) is 3. The largest absolute Gasteiger partial charge is 0.490 e. The van der Waals surface area contributed by atoms with Crippen molar-refractivity contribution in [3.8, 4) is 5.75 Å². The zero-order valence-corrected chi connectivity index (χ0v) is 17.1. The van der Waals surface area contributed by atoms with Crippen LogP contribution in [0.15, 0.2) is 30.5 Å². The fourth-order valence-corrected chi connectivity index (χ4v) is 3.69. The van der Waals surface area contributed by atoms with Gasteiger partial charge in [-0.25, -0.2) is 0 Å². The smallest absolute Gasteiger partial charge is 0.220 e. The number of hydrogen-bond acceptors (Lipinski definition) is 5. The van der Waals surface area contributed by atoms with Crippen LogP contribution in [0.5, 0.6) is 5.75 Å². The predicted molar refractivity (Wildman–Crippen MR) is 107 cm³/mol. The Hall–Kier alpha value is -2.09. The molecule has 28 heavy (non-hydrogen) atoms. The third kappa shape index (κ3) is 5.25. The zero-order chi connectivity index (χ0) is 20.1. The van der Waals surface area contributed by atoms with Crippen molar-refractivity contribution in [1.29, 1.82) is 0 Å². The number of ether oxygens (including phenoxy) is 2. The van der Waals surface area contributed by atoms with Crippen molar-refractivity contribution in [3.05, 3.63) is 46.7 Å². The summed E-state index contributed by atoms with van der Waals surface area (Å²) in [7, 11) is 0. The highest BCUT2D eigenvalue weighted by atomic mass is 35.5. The molecule has 0 spiro atoms. The summed E-state index contributed by atoms with van der Waals surface area (Å²) >= 11 is 6.03. The lowest BCUT2D eigenvalue weighted by Gasteiger charge is -2.42. The molecule has 1 atom stereocenters. The van der Waals surface area contributed by atoms with Crippen molar-refractivity contribution < 1.29 is 14.3 Å². The van der Waals surface area contributed by atoms with Crippen LogP contribution in [0.2, 0.25) is 5.02 Å². The first-order chi connectivity index (χ1) is 13.4. The van der Waals surface area contributed by atoms with Crippen LogP contribution < -0.4 is 10.5 Å². The molecule has 8 heteroatoms. The Morgan fingerprint density at radius 2 is 2.29 bits per heavy atom. The molecule has 1 fully saturated rings. The van der Waals surface area contributed by atoms with E-state index in [0.717, 1.165) is 25.3 Å². The van der Waals surface area contributed by atoms with Gasteiger partial charge in [0.05, 0.1) is 18.7 Å². The molecular formula is C20H27ClN4O3. The molecular weight excluding hydrogens is 380 g/mol. The number of morpholine rings is 1. The van der Waals surface area contributed by atoms with Gasteiger partial charge in [-0.05, 0) is 32.0 Å². The summed E-state index contributed by atoms with van der Waals surface area (Å²) < 4.78 is 13.9. The topological polar surface area (TPSA) is 82.6 Å². The number of benzene rings is 1. The van der Waals surface area contributed by atoms with E-state index >= 15 is 0 Å². The van der Waals surface area contributed by atoms with Crippen LogP contribution in [-0.4, -0.2) is 52.5 Å². The summed E-state index contributed by atoms with van der Waals surface area (Å²) in [6.07, 6.45) is 2.17. The predicted octanol–water partition coefficient (Wildman–Crippen LogP) is 2.39. The van der Waals surface area contributed by atoms with Gasteiger partial charge < -0.3 is 15.2 Å². The minimum atomic E-state index is -0.791. The van der Waals surface area contributed by atoms with E-state index < -0.39 is 11.5 Å². The number of aryl methyl sites for hydroxylation is 2. The minimum absolute atomic E-state index is 0.0945. The Labute approximate surface area is 170 Å². The highest BCUT2D eigenvalue weighted by Gasteiger charge is 2.39. The van der Waals surface area contributed by atoms with Gasteiger partial charge in [-0.3, -0.25) is 14.4 Å². The van der Waals surface area contributed by atoms with E-state index in [-0.39, 0.29) is 13.0 Å². The first-order valence-electron chi connectivity index (χ1n) is 9.45. The van der Waals surface area contributed by atoms with E-state index in [1.54, 1.807) is 12.1 Å². The number of carbonyl (C=O) groups is 1. The monoisotopic (exact) mass is 406 g/mol. The normalized spacial score (nSPS) is 20.2. The molecule has 0 aliphatic carbocycles. The molecule has 0 radical (unpaired) electrons. The van der Waals surface area contributed by atoms with Crippen molar-refractivity contribution in [2.45, 2.75) is 39.0 Å². The quantitative estimate of drug-likeness (QED) is 0.727. The van der Waals surface area contributed by atoms with E-state index in [1.165, 1.54) is 5.56 Å². The van der Waals surface area contributed by atoms with Crippen LogP contribution >= 0.6 is 11.6 Å². The number of halogens is 1. The van der Waals surface area contributed by atoms with Crippen molar-refractivity contribution >= 4 is 17.5 Å². The summed E-state index contributed by atoms with van der Waals surface area (Å²) in [5.74, 6) is 0.226. The SMILES string of the molecule is CCn1cc(CN2CCOC(COc3cccc(Cl)c3)(CC(N)=O)C2)c(C)n1. The molecule has 1 aromatic carbocycles. The summed E-state index contributed by atoms with van der Waals surface area (Å²) in [6, 6.07) is 7.17. The number of primary amides is 1. The zero-order valence-electron chi connectivity index (χ0n) is 16.4. The second-order valence-electron chi connectivity index (χ2n) is 7.23. The Balaban J connectivity index is 1.72. The highest BCUT2D eigenvalue weighted by Crippen LogP contribution is 2.26. The van der Waals surface area contributed by atoms with E-state index in [0.29, 0.717) is 23.9 Å². The fourth-order valence-electron chi connectivity index (χ4n) is 3.51. The summed E-state index contributed by atoms with van der Waals surface area (Å²) in [5.41, 5.74) is 6.92. The third-order valence-electron chi connectivity index (χ3n) is 4.89. The maximum atomic E-state index is 11.7. The molecule has 2 aromatic rings. The Morgan fingerprint density at radius 1 is 1.46 bits per heavy atom.